The van der Waals surface area contributed by atoms with Crippen LogP contribution >= 0.6 is 0 Å². The fourth-order valence-electron chi connectivity index (χ4n) is 1.11. The van der Waals surface area contributed by atoms with Gasteiger partial charge < -0.3 is 0 Å². The van der Waals surface area contributed by atoms with Crippen molar-refractivity contribution < 1.29 is 9.72 Å². The van der Waals surface area contributed by atoms with Crippen LogP contribution in [0.3, 0.4) is 0 Å². The van der Waals surface area contributed by atoms with Gasteiger partial charge in [0.2, 0.25) is 0 Å². The van der Waals surface area contributed by atoms with Gasteiger partial charge in [0.1, 0.15) is 0 Å². The van der Waals surface area contributed by atoms with Gasteiger partial charge in [-0.1, -0.05) is 12.1 Å². The highest BCUT2D eigenvalue weighted by atomic mass is 16.6. The van der Waals surface area contributed by atoms with E-state index in [-0.39, 0.29) is 29.9 Å². The van der Waals surface area contributed by atoms with E-state index in [0.29, 0.717) is 0 Å². The van der Waals surface area contributed by atoms with Gasteiger partial charge in [0.05, 0.1) is 11.0 Å². The van der Waals surface area contributed by atoms with Crippen molar-refractivity contribution >= 4 is 11.5 Å². The second-order valence-electron chi connectivity index (χ2n) is 2.89. The maximum atomic E-state index is 11.4. The first kappa shape index (κ1) is 10.9. The van der Waals surface area contributed by atoms with Crippen molar-refractivity contribution in [2.75, 3.05) is 0 Å². The van der Waals surface area contributed by atoms with Gasteiger partial charge in [0.25, 0.3) is 5.69 Å². The van der Waals surface area contributed by atoms with Gasteiger partial charge in [-0.15, -0.1) is 0 Å². The first-order chi connectivity index (χ1) is 7.15. The molecule has 0 aliphatic carbocycles. The first-order valence-electron chi connectivity index (χ1n) is 4.29. The lowest BCUT2D eigenvalue weighted by Crippen LogP contribution is -1.99. The van der Waals surface area contributed by atoms with Crippen molar-refractivity contribution in [1.29, 1.82) is 5.26 Å². The monoisotopic (exact) mass is 204 g/mol. The number of benzene rings is 1. The smallest absolute Gasteiger partial charge is 0.270 e. The van der Waals surface area contributed by atoms with Gasteiger partial charge in [0, 0.05) is 30.5 Å². The largest absolute Gasteiger partial charge is 0.294 e. The number of nitriles is 1. The average Bonchev–Trinajstić information content (AvgIpc) is 2.26. The fraction of sp³-hybridized carbons (Fsp3) is 0.200. The SMILES string of the molecule is N#CCCC(=O)c1cccc([N+](=O)[O-])c1. The van der Waals surface area contributed by atoms with Crippen LogP contribution < -0.4 is 0 Å². The number of carbonyl (C=O) groups excluding carboxylic acids is 1. The van der Waals surface area contributed by atoms with E-state index in [1.807, 2.05) is 6.07 Å². The number of rotatable bonds is 4. The van der Waals surface area contributed by atoms with Crippen molar-refractivity contribution in [3.05, 3.63) is 39.9 Å². The Hall–Kier alpha value is -2.22. The van der Waals surface area contributed by atoms with Crippen LogP contribution in [0.4, 0.5) is 5.69 Å². The summed E-state index contributed by atoms with van der Waals surface area (Å²) in [5.41, 5.74) is 0.164. The van der Waals surface area contributed by atoms with Gasteiger partial charge >= 0.3 is 0 Å². The summed E-state index contributed by atoms with van der Waals surface area (Å²) in [4.78, 5) is 21.3. The summed E-state index contributed by atoms with van der Waals surface area (Å²) in [6.45, 7) is 0. The third-order valence-electron chi connectivity index (χ3n) is 1.84. The quantitative estimate of drug-likeness (QED) is 0.427. The Morgan fingerprint density at radius 1 is 1.53 bits per heavy atom. The number of carbonyl (C=O) groups is 1. The van der Waals surface area contributed by atoms with Gasteiger partial charge in [-0.3, -0.25) is 14.9 Å². The van der Waals surface area contributed by atoms with Crippen LogP contribution in [-0.2, 0) is 0 Å². The number of hydrogen-bond donors (Lipinski definition) is 0. The number of nitro groups is 1. The molecule has 0 heterocycles. The molecule has 0 N–H and O–H groups in total. The van der Waals surface area contributed by atoms with Crippen molar-refractivity contribution in [1.82, 2.24) is 0 Å². The molecular weight excluding hydrogens is 196 g/mol. The molecule has 0 radical (unpaired) electrons. The average molecular weight is 204 g/mol. The molecule has 0 bridgehead atoms. The molecule has 0 fully saturated rings. The van der Waals surface area contributed by atoms with Crippen LogP contribution in [0.2, 0.25) is 0 Å². The van der Waals surface area contributed by atoms with Crippen molar-refractivity contribution in [2.24, 2.45) is 0 Å². The van der Waals surface area contributed by atoms with E-state index >= 15 is 0 Å². The molecule has 0 amide bonds. The van der Waals surface area contributed by atoms with E-state index in [4.69, 9.17) is 5.26 Å². The lowest BCUT2D eigenvalue weighted by Gasteiger charge is -1.97. The Morgan fingerprint density at radius 3 is 2.87 bits per heavy atom. The lowest BCUT2D eigenvalue weighted by atomic mass is 10.1. The second kappa shape index (κ2) is 4.86. The summed E-state index contributed by atoms with van der Waals surface area (Å²) in [5.74, 6) is -0.250. The third-order valence-corrected chi connectivity index (χ3v) is 1.84. The highest BCUT2D eigenvalue weighted by Gasteiger charge is 2.10. The Morgan fingerprint density at radius 2 is 2.27 bits per heavy atom. The van der Waals surface area contributed by atoms with Crippen LogP contribution in [-0.4, -0.2) is 10.7 Å². The van der Waals surface area contributed by atoms with Crippen LogP contribution in [0, 0.1) is 21.4 Å². The summed E-state index contributed by atoms with van der Waals surface area (Å²) in [5, 5.41) is 18.7. The molecule has 1 aromatic rings. The Bertz CT molecular complexity index is 435. The fourth-order valence-corrected chi connectivity index (χ4v) is 1.11. The van der Waals surface area contributed by atoms with E-state index in [1.165, 1.54) is 24.3 Å². The van der Waals surface area contributed by atoms with Gasteiger partial charge in [0.15, 0.2) is 5.78 Å². The summed E-state index contributed by atoms with van der Waals surface area (Å²) in [6.07, 6.45) is 0.221. The predicted molar refractivity (Wildman–Crippen MR) is 52.3 cm³/mol. The van der Waals surface area contributed by atoms with Crippen molar-refractivity contribution in [2.45, 2.75) is 12.8 Å². The molecule has 5 nitrogen and oxygen atoms in total. The summed E-state index contributed by atoms with van der Waals surface area (Å²) in [7, 11) is 0. The zero-order valence-electron chi connectivity index (χ0n) is 7.84. The third kappa shape index (κ3) is 2.88. The minimum atomic E-state index is -0.554. The summed E-state index contributed by atoms with van der Waals surface area (Å²) < 4.78 is 0. The molecular formula is C10H8N2O3. The molecule has 15 heavy (non-hydrogen) atoms. The highest BCUT2D eigenvalue weighted by Crippen LogP contribution is 2.14. The van der Waals surface area contributed by atoms with Crippen molar-refractivity contribution in [3.8, 4) is 6.07 Å². The van der Waals surface area contributed by atoms with Gasteiger partial charge in [-0.25, -0.2) is 0 Å². The first-order valence-corrected chi connectivity index (χ1v) is 4.29. The zero-order valence-corrected chi connectivity index (χ0v) is 7.84. The van der Waals surface area contributed by atoms with Crippen LogP contribution in [0.5, 0.6) is 0 Å². The molecule has 0 saturated heterocycles. The summed E-state index contributed by atoms with van der Waals surface area (Å²) in [6, 6.07) is 7.36. The van der Waals surface area contributed by atoms with E-state index in [0.717, 1.165) is 0 Å². The second-order valence-corrected chi connectivity index (χ2v) is 2.89. The standard InChI is InChI=1S/C10H8N2O3/c11-6-2-5-10(13)8-3-1-4-9(7-8)12(14)15/h1,3-4,7H,2,5H2. The number of hydrogen-bond acceptors (Lipinski definition) is 4. The lowest BCUT2D eigenvalue weighted by molar-refractivity contribution is -0.384. The number of ketones is 1. The molecule has 0 atom stereocenters. The van der Waals surface area contributed by atoms with E-state index in [9.17, 15) is 14.9 Å². The number of nitrogens with zero attached hydrogens (tertiary/aromatic N) is 2. The Kier molecular flexibility index (Phi) is 3.52. The minimum absolute atomic E-state index is 0.0949. The Balaban J connectivity index is 2.86. The number of non-ortho nitro benzene ring substituents is 1. The molecule has 1 rings (SSSR count). The summed E-state index contributed by atoms with van der Waals surface area (Å²) >= 11 is 0. The van der Waals surface area contributed by atoms with Crippen LogP contribution in [0.25, 0.3) is 0 Å². The molecule has 76 valence electrons. The van der Waals surface area contributed by atoms with E-state index < -0.39 is 4.92 Å². The molecule has 0 spiro atoms. The van der Waals surface area contributed by atoms with Crippen molar-refractivity contribution in [3.63, 3.8) is 0 Å². The molecule has 0 aromatic heterocycles. The van der Waals surface area contributed by atoms with Gasteiger partial charge in [-0.2, -0.15) is 5.26 Å². The maximum absolute atomic E-state index is 11.4. The normalized spacial score (nSPS) is 9.27. The number of Topliss-reactive ketones (excluding diaryl/α,β-unsaturated/α-hetero) is 1. The van der Waals surface area contributed by atoms with Crippen LogP contribution in [0.15, 0.2) is 24.3 Å². The molecule has 0 unspecified atom stereocenters. The molecule has 0 saturated carbocycles. The topological polar surface area (TPSA) is 84.0 Å². The molecule has 5 heteroatoms. The van der Waals surface area contributed by atoms with Gasteiger partial charge in [-0.05, 0) is 0 Å². The molecule has 0 aliphatic heterocycles. The van der Waals surface area contributed by atoms with E-state index in [1.54, 1.807) is 0 Å². The molecule has 1 aromatic carbocycles. The maximum Gasteiger partial charge on any atom is 0.270 e. The van der Waals surface area contributed by atoms with E-state index in [2.05, 4.69) is 0 Å². The minimum Gasteiger partial charge on any atom is -0.294 e. The number of nitro benzene ring substituents is 1. The highest BCUT2D eigenvalue weighted by molar-refractivity contribution is 5.96. The Labute approximate surface area is 86.1 Å². The molecule has 0 aliphatic rings. The zero-order chi connectivity index (χ0) is 11.3. The van der Waals surface area contributed by atoms with Crippen LogP contribution in [0.1, 0.15) is 23.2 Å². The predicted octanol–water partition coefficient (Wildman–Crippen LogP) is 2.08.